The SMILES string of the molecule is CCc1ccc(OCC(=O)NNC(=O)COc2ccccc2Cl)cc1. The molecule has 132 valence electrons. The molecule has 0 atom stereocenters. The molecule has 25 heavy (non-hydrogen) atoms. The van der Waals surface area contributed by atoms with E-state index >= 15 is 0 Å². The first-order chi connectivity index (χ1) is 12.1. The summed E-state index contributed by atoms with van der Waals surface area (Å²) in [5, 5.41) is 0.404. The van der Waals surface area contributed by atoms with E-state index in [1.54, 1.807) is 36.4 Å². The summed E-state index contributed by atoms with van der Waals surface area (Å²) in [5.74, 6) is -0.0172. The summed E-state index contributed by atoms with van der Waals surface area (Å²) < 4.78 is 10.6. The van der Waals surface area contributed by atoms with Crippen LogP contribution in [0.15, 0.2) is 48.5 Å². The Morgan fingerprint density at radius 2 is 1.52 bits per heavy atom. The van der Waals surface area contributed by atoms with Crippen molar-refractivity contribution < 1.29 is 19.1 Å². The summed E-state index contributed by atoms with van der Waals surface area (Å²) in [6.45, 7) is 1.57. The van der Waals surface area contributed by atoms with E-state index in [-0.39, 0.29) is 13.2 Å². The van der Waals surface area contributed by atoms with E-state index in [1.165, 1.54) is 5.56 Å². The third-order valence-electron chi connectivity index (χ3n) is 3.24. The molecule has 0 spiro atoms. The largest absolute Gasteiger partial charge is 0.484 e. The number of rotatable bonds is 7. The maximum atomic E-state index is 11.7. The first kappa shape index (κ1) is 18.6. The summed E-state index contributed by atoms with van der Waals surface area (Å²) >= 11 is 5.91. The second kappa shape index (κ2) is 9.54. The van der Waals surface area contributed by atoms with Gasteiger partial charge in [0.15, 0.2) is 13.2 Å². The molecular weight excluding hydrogens is 344 g/mol. The summed E-state index contributed by atoms with van der Waals surface area (Å²) in [5.41, 5.74) is 5.67. The Bertz CT molecular complexity index is 719. The number of hydrogen-bond acceptors (Lipinski definition) is 4. The van der Waals surface area contributed by atoms with E-state index in [4.69, 9.17) is 21.1 Å². The quantitative estimate of drug-likeness (QED) is 0.742. The molecule has 2 amide bonds. The number of carbonyl (C=O) groups excluding carboxylic acids is 2. The van der Waals surface area contributed by atoms with Gasteiger partial charge in [0.1, 0.15) is 11.5 Å². The molecule has 0 aromatic heterocycles. The number of halogens is 1. The number of carbonyl (C=O) groups is 2. The van der Waals surface area contributed by atoms with E-state index in [0.29, 0.717) is 16.5 Å². The van der Waals surface area contributed by atoms with E-state index in [2.05, 4.69) is 17.8 Å². The molecule has 0 unspecified atom stereocenters. The van der Waals surface area contributed by atoms with Crippen molar-refractivity contribution in [3.63, 3.8) is 0 Å². The van der Waals surface area contributed by atoms with Gasteiger partial charge in [-0.1, -0.05) is 42.8 Å². The fourth-order valence-electron chi connectivity index (χ4n) is 1.89. The van der Waals surface area contributed by atoms with Gasteiger partial charge in [-0.3, -0.25) is 20.4 Å². The Balaban J connectivity index is 1.66. The Morgan fingerprint density at radius 1 is 0.920 bits per heavy atom. The number of nitrogens with one attached hydrogen (secondary N) is 2. The van der Waals surface area contributed by atoms with Crippen LogP contribution in [-0.2, 0) is 16.0 Å². The Hall–Kier alpha value is -2.73. The predicted molar refractivity (Wildman–Crippen MR) is 94.5 cm³/mol. The number of hydrazine groups is 1. The zero-order chi connectivity index (χ0) is 18.1. The third-order valence-corrected chi connectivity index (χ3v) is 3.55. The predicted octanol–water partition coefficient (Wildman–Crippen LogP) is 2.51. The Kier molecular flexibility index (Phi) is 7.10. The minimum absolute atomic E-state index is 0.211. The minimum Gasteiger partial charge on any atom is -0.484 e. The van der Waals surface area contributed by atoms with E-state index in [9.17, 15) is 9.59 Å². The second-order valence-electron chi connectivity index (χ2n) is 5.10. The summed E-state index contributed by atoms with van der Waals surface area (Å²) in [4.78, 5) is 23.3. The molecule has 7 heteroatoms. The monoisotopic (exact) mass is 362 g/mol. The second-order valence-corrected chi connectivity index (χ2v) is 5.51. The maximum absolute atomic E-state index is 11.7. The van der Waals surface area contributed by atoms with Gasteiger partial charge in [0, 0.05) is 0 Å². The highest BCUT2D eigenvalue weighted by Crippen LogP contribution is 2.22. The van der Waals surface area contributed by atoms with Crippen molar-refractivity contribution in [2.75, 3.05) is 13.2 Å². The van der Waals surface area contributed by atoms with Gasteiger partial charge >= 0.3 is 0 Å². The fraction of sp³-hybridized carbons (Fsp3) is 0.222. The first-order valence-electron chi connectivity index (χ1n) is 7.75. The van der Waals surface area contributed by atoms with Crippen LogP contribution in [0.4, 0.5) is 0 Å². The summed E-state index contributed by atoms with van der Waals surface area (Å²) in [6, 6.07) is 14.2. The first-order valence-corrected chi connectivity index (χ1v) is 8.13. The Morgan fingerprint density at radius 3 is 2.12 bits per heavy atom. The number of aryl methyl sites for hydroxylation is 1. The standard InChI is InChI=1S/C18H19ClN2O4/c1-2-13-7-9-14(10-8-13)24-11-17(22)20-21-18(23)12-25-16-6-4-3-5-15(16)19/h3-10H,2,11-12H2,1H3,(H,20,22)(H,21,23). The molecule has 0 fully saturated rings. The van der Waals surface area contributed by atoms with Crippen LogP contribution in [0.2, 0.25) is 5.02 Å². The average Bonchev–Trinajstić information content (AvgIpc) is 2.64. The molecule has 0 saturated heterocycles. The van der Waals surface area contributed by atoms with Crippen LogP contribution in [-0.4, -0.2) is 25.0 Å². The van der Waals surface area contributed by atoms with Crippen molar-refractivity contribution in [2.45, 2.75) is 13.3 Å². The van der Waals surface area contributed by atoms with Gasteiger partial charge < -0.3 is 9.47 Å². The zero-order valence-electron chi connectivity index (χ0n) is 13.8. The zero-order valence-corrected chi connectivity index (χ0v) is 14.5. The van der Waals surface area contributed by atoms with Crippen LogP contribution in [0.5, 0.6) is 11.5 Å². The number of benzene rings is 2. The van der Waals surface area contributed by atoms with Gasteiger partial charge in [-0.15, -0.1) is 0 Å². The van der Waals surface area contributed by atoms with Gasteiger partial charge in [0.2, 0.25) is 0 Å². The number of para-hydroxylation sites is 1. The molecule has 0 radical (unpaired) electrons. The van der Waals surface area contributed by atoms with Crippen molar-refractivity contribution in [1.82, 2.24) is 10.9 Å². The lowest BCUT2D eigenvalue weighted by Gasteiger charge is -2.10. The van der Waals surface area contributed by atoms with Crippen LogP contribution in [0.1, 0.15) is 12.5 Å². The highest BCUT2D eigenvalue weighted by Gasteiger charge is 2.08. The van der Waals surface area contributed by atoms with Gasteiger partial charge in [-0.2, -0.15) is 0 Å². The molecule has 2 rings (SSSR count). The van der Waals surface area contributed by atoms with Crippen LogP contribution >= 0.6 is 11.6 Å². The maximum Gasteiger partial charge on any atom is 0.276 e. The van der Waals surface area contributed by atoms with Crippen molar-refractivity contribution >= 4 is 23.4 Å². The molecule has 0 aliphatic rings. The minimum atomic E-state index is -0.513. The molecule has 0 bridgehead atoms. The summed E-state index contributed by atoms with van der Waals surface area (Å²) in [7, 11) is 0. The average molecular weight is 363 g/mol. The molecule has 0 aliphatic carbocycles. The van der Waals surface area contributed by atoms with Gasteiger partial charge in [-0.05, 0) is 36.2 Å². The van der Waals surface area contributed by atoms with E-state index in [1.807, 2.05) is 12.1 Å². The molecule has 0 saturated carbocycles. The molecule has 0 aliphatic heterocycles. The molecule has 0 heterocycles. The lowest BCUT2D eigenvalue weighted by Crippen LogP contribution is -2.45. The van der Waals surface area contributed by atoms with Crippen molar-refractivity contribution in [3.05, 3.63) is 59.1 Å². The number of hydrogen-bond donors (Lipinski definition) is 2. The highest BCUT2D eigenvalue weighted by atomic mass is 35.5. The topological polar surface area (TPSA) is 76.7 Å². The van der Waals surface area contributed by atoms with Crippen molar-refractivity contribution in [3.8, 4) is 11.5 Å². The van der Waals surface area contributed by atoms with Crippen LogP contribution in [0.3, 0.4) is 0 Å². The normalized spacial score (nSPS) is 10.0. The Labute approximate surface area is 151 Å². The van der Waals surface area contributed by atoms with Crippen LogP contribution in [0, 0.1) is 0 Å². The third kappa shape index (κ3) is 6.35. The van der Waals surface area contributed by atoms with Crippen LogP contribution < -0.4 is 20.3 Å². The van der Waals surface area contributed by atoms with E-state index < -0.39 is 11.8 Å². The molecule has 2 aromatic carbocycles. The van der Waals surface area contributed by atoms with Crippen molar-refractivity contribution in [2.24, 2.45) is 0 Å². The van der Waals surface area contributed by atoms with Gasteiger partial charge in [0.25, 0.3) is 11.8 Å². The number of amides is 2. The van der Waals surface area contributed by atoms with E-state index in [0.717, 1.165) is 6.42 Å². The van der Waals surface area contributed by atoms with Gasteiger partial charge in [0.05, 0.1) is 5.02 Å². The van der Waals surface area contributed by atoms with Crippen molar-refractivity contribution in [1.29, 1.82) is 0 Å². The number of ether oxygens (including phenoxy) is 2. The molecule has 6 nitrogen and oxygen atoms in total. The lowest BCUT2D eigenvalue weighted by molar-refractivity contribution is -0.131. The summed E-state index contributed by atoms with van der Waals surface area (Å²) in [6.07, 6.45) is 0.934. The van der Waals surface area contributed by atoms with Gasteiger partial charge in [-0.25, -0.2) is 0 Å². The molecular formula is C18H19ClN2O4. The molecule has 2 aromatic rings. The fourth-order valence-corrected chi connectivity index (χ4v) is 2.08. The lowest BCUT2D eigenvalue weighted by atomic mass is 10.2. The van der Waals surface area contributed by atoms with Crippen LogP contribution in [0.25, 0.3) is 0 Å². The smallest absolute Gasteiger partial charge is 0.276 e. The molecule has 2 N–H and O–H groups in total. The highest BCUT2D eigenvalue weighted by molar-refractivity contribution is 6.32.